The third kappa shape index (κ3) is 2.56. The van der Waals surface area contributed by atoms with Gasteiger partial charge in [0.1, 0.15) is 5.60 Å². The normalized spacial score (nSPS) is 32.9. The van der Waals surface area contributed by atoms with Gasteiger partial charge in [-0.05, 0) is 66.8 Å². The molecular weight excluding hydrogens is 226 g/mol. The lowest BCUT2D eigenvalue weighted by Gasteiger charge is -2.41. The lowest BCUT2D eigenvalue weighted by Crippen LogP contribution is -2.48. The Bertz CT molecular complexity index is 332. The van der Waals surface area contributed by atoms with Crippen molar-refractivity contribution in [2.75, 3.05) is 6.54 Å². The molecule has 2 unspecified atom stereocenters. The molecule has 1 saturated carbocycles. The van der Waals surface area contributed by atoms with Gasteiger partial charge in [-0.2, -0.15) is 0 Å². The molecule has 0 amide bonds. The van der Waals surface area contributed by atoms with Gasteiger partial charge in [0.25, 0.3) is 0 Å². The van der Waals surface area contributed by atoms with E-state index in [9.17, 15) is 4.79 Å². The van der Waals surface area contributed by atoms with Crippen LogP contribution in [0.25, 0.3) is 0 Å². The maximum Gasteiger partial charge on any atom is 0.312 e. The van der Waals surface area contributed by atoms with Crippen LogP contribution >= 0.6 is 0 Å². The first-order valence-electron chi connectivity index (χ1n) is 7.23. The Hall–Kier alpha value is -0.570. The average molecular weight is 253 g/mol. The second kappa shape index (κ2) is 4.52. The third-order valence-electron chi connectivity index (χ3n) is 4.40. The number of carbonyl (C=O) groups excluding carboxylic acids is 1. The van der Waals surface area contributed by atoms with Crippen LogP contribution in [0, 0.1) is 5.41 Å². The summed E-state index contributed by atoms with van der Waals surface area (Å²) in [7, 11) is 0. The second-order valence-electron chi connectivity index (χ2n) is 7.26. The van der Waals surface area contributed by atoms with E-state index in [0.29, 0.717) is 12.1 Å². The van der Waals surface area contributed by atoms with Crippen LogP contribution < -0.4 is 0 Å². The molecule has 2 bridgehead atoms. The van der Waals surface area contributed by atoms with Crippen LogP contribution in [-0.2, 0) is 9.53 Å². The van der Waals surface area contributed by atoms with Gasteiger partial charge in [0.15, 0.2) is 0 Å². The molecule has 3 heteroatoms. The van der Waals surface area contributed by atoms with Crippen molar-refractivity contribution < 1.29 is 9.53 Å². The van der Waals surface area contributed by atoms with E-state index in [2.05, 4.69) is 18.7 Å². The molecular formula is C15H27NO2. The van der Waals surface area contributed by atoms with Crippen LogP contribution in [0.3, 0.4) is 0 Å². The minimum Gasteiger partial charge on any atom is -0.460 e. The van der Waals surface area contributed by atoms with Gasteiger partial charge in [-0.25, -0.2) is 0 Å². The van der Waals surface area contributed by atoms with E-state index in [0.717, 1.165) is 32.2 Å². The summed E-state index contributed by atoms with van der Waals surface area (Å²) in [5.41, 5.74) is -0.539. The SMILES string of the molecule is CC(C)N1CCC2(C(=O)OC(C)(C)C)CCC1C2. The first-order valence-corrected chi connectivity index (χ1v) is 7.23. The molecule has 1 heterocycles. The number of rotatable bonds is 2. The van der Waals surface area contributed by atoms with Crippen LogP contribution in [0.15, 0.2) is 0 Å². The summed E-state index contributed by atoms with van der Waals surface area (Å²) in [5.74, 6) is 0.0425. The van der Waals surface area contributed by atoms with Crippen molar-refractivity contribution in [2.45, 2.75) is 78.0 Å². The molecule has 0 aromatic carbocycles. The van der Waals surface area contributed by atoms with Crippen molar-refractivity contribution >= 4 is 5.97 Å². The smallest absolute Gasteiger partial charge is 0.312 e. The van der Waals surface area contributed by atoms with Gasteiger partial charge in [0.2, 0.25) is 0 Å². The van der Waals surface area contributed by atoms with E-state index < -0.39 is 0 Å². The van der Waals surface area contributed by atoms with Crippen molar-refractivity contribution in [1.29, 1.82) is 0 Å². The highest BCUT2D eigenvalue weighted by atomic mass is 16.6. The number of carbonyl (C=O) groups is 1. The number of esters is 1. The summed E-state index contributed by atoms with van der Waals surface area (Å²) in [4.78, 5) is 15.0. The number of hydrogen-bond donors (Lipinski definition) is 0. The Morgan fingerprint density at radius 1 is 1.33 bits per heavy atom. The van der Waals surface area contributed by atoms with Crippen LogP contribution in [0.4, 0.5) is 0 Å². The first-order chi connectivity index (χ1) is 8.23. The van der Waals surface area contributed by atoms with Gasteiger partial charge in [0, 0.05) is 12.1 Å². The molecule has 104 valence electrons. The number of nitrogens with zero attached hydrogens (tertiary/aromatic N) is 1. The van der Waals surface area contributed by atoms with Gasteiger partial charge >= 0.3 is 5.97 Å². The first kappa shape index (κ1) is 13.9. The molecule has 0 radical (unpaired) electrons. The Morgan fingerprint density at radius 3 is 2.56 bits per heavy atom. The van der Waals surface area contributed by atoms with Gasteiger partial charge in [-0.1, -0.05) is 0 Å². The minimum absolute atomic E-state index is 0.0425. The molecule has 18 heavy (non-hydrogen) atoms. The highest BCUT2D eigenvalue weighted by Gasteiger charge is 2.52. The number of ether oxygens (including phenoxy) is 1. The topological polar surface area (TPSA) is 29.5 Å². The molecule has 2 aliphatic rings. The van der Waals surface area contributed by atoms with Crippen LogP contribution in [0.5, 0.6) is 0 Å². The number of hydrogen-bond acceptors (Lipinski definition) is 3. The van der Waals surface area contributed by atoms with E-state index in [4.69, 9.17) is 4.74 Å². The molecule has 2 atom stereocenters. The molecule has 0 aromatic heterocycles. The summed E-state index contributed by atoms with van der Waals surface area (Å²) >= 11 is 0. The van der Waals surface area contributed by atoms with Crippen LogP contribution in [0.1, 0.15) is 60.3 Å². The number of fused-ring (bicyclic) bond motifs is 2. The van der Waals surface area contributed by atoms with Crippen molar-refractivity contribution in [3.05, 3.63) is 0 Å². The summed E-state index contributed by atoms with van der Waals surface area (Å²) in [6, 6.07) is 1.18. The van der Waals surface area contributed by atoms with Crippen molar-refractivity contribution in [2.24, 2.45) is 5.41 Å². The summed E-state index contributed by atoms with van der Waals surface area (Å²) < 4.78 is 5.64. The Balaban J connectivity index is 2.06. The second-order valence-corrected chi connectivity index (χ2v) is 7.26. The van der Waals surface area contributed by atoms with Crippen molar-refractivity contribution in [3.8, 4) is 0 Å². The molecule has 2 rings (SSSR count). The van der Waals surface area contributed by atoms with E-state index in [1.165, 1.54) is 0 Å². The number of piperidine rings is 1. The summed E-state index contributed by atoms with van der Waals surface area (Å²) in [5, 5.41) is 0. The van der Waals surface area contributed by atoms with E-state index in [-0.39, 0.29) is 17.0 Å². The fourth-order valence-corrected chi connectivity index (χ4v) is 3.49. The molecule has 1 aliphatic carbocycles. The fourth-order valence-electron chi connectivity index (χ4n) is 3.49. The molecule has 0 N–H and O–H groups in total. The zero-order valence-electron chi connectivity index (χ0n) is 12.5. The standard InChI is InChI=1S/C15H27NO2/c1-11(2)16-9-8-15(7-6-12(16)10-15)13(17)18-14(3,4)5/h11-12H,6-10H2,1-5H3. The molecule has 1 saturated heterocycles. The molecule has 0 spiro atoms. The van der Waals surface area contributed by atoms with Gasteiger partial charge < -0.3 is 4.74 Å². The molecule has 1 aliphatic heterocycles. The summed E-state index contributed by atoms with van der Waals surface area (Å²) in [6.45, 7) is 11.4. The zero-order chi connectivity index (χ0) is 13.6. The van der Waals surface area contributed by atoms with E-state index in [1.807, 2.05) is 20.8 Å². The average Bonchev–Trinajstić information content (AvgIpc) is 2.55. The van der Waals surface area contributed by atoms with Gasteiger partial charge in [-0.15, -0.1) is 0 Å². The maximum atomic E-state index is 12.4. The van der Waals surface area contributed by atoms with Crippen LogP contribution in [0.2, 0.25) is 0 Å². The molecule has 3 nitrogen and oxygen atoms in total. The predicted octanol–water partition coefficient (Wildman–Crippen LogP) is 2.98. The fraction of sp³-hybridized carbons (Fsp3) is 0.933. The highest BCUT2D eigenvalue weighted by Crippen LogP contribution is 2.48. The third-order valence-corrected chi connectivity index (χ3v) is 4.40. The molecule has 2 fully saturated rings. The highest BCUT2D eigenvalue weighted by molar-refractivity contribution is 5.78. The van der Waals surface area contributed by atoms with Crippen molar-refractivity contribution in [3.63, 3.8) is 0 Å². The monoisotopic (exact) mass is 253 g/mol. The van der Waals surface area contributed by atoms with Crippen LogP contribution in [-0.4, -0.2) is 35.1 Å². The quantitative estimate of drug-likeness (QED) is 0.709. The van der Waals surface area contributed by atoms with Gasteiger partial charge in [-0.3, -0.25) is 9.69 Å². The largest absolute Gasteiger partial charge is 0.460 e. The van der Waals surface area contributed by atoms with Crippen molar-refractivity contribution in [1.82, 2.24) is 4.90 Å². The lowest BCUT2D eigenvalue weighted by atomic mass is 9.80. The predicted molar refractivity (Wildman–Crippen MR) is 72.4 cm³/mol. The molecule has 0 aromatic rings. The Kier molecular flexibility index (Phi) is 3.48. The lowest BCUT2D eigenvalue weighted by molar-refractivity contribution is -0.169. The Morgan fingerprint density at radius 2 is 2.00 bits per heavy atom. The van der Waals surface area contributed by atoms with Gasteiger partial charge in [0.05, 0.1) is 5.41 Å². The Labute approximate surface area is 111 Å². The van der Waals surface area contributed by atoms with E-state index >= 15 is 0 Å². The minimum atomic E-state index is -0.362. The zero-order valence-corrected chi connectivity index (χ0v) is 12.5. The van der Waals surface area contributed by atoms with E-state index in [1.54, 1.807) is 0 Å². The number of likely N-dealkylation sites (tertiary alicyclic amines) is 1. The maximum absolute atomic E-state index is 12.4. The summed E-state index contributed by atoms with van der Waals surface area (Å²) in [6.07, 6.45) is 4.13.